The third-order valence-corrected chi connectivity index (χ3v) is 4.94. The van der Waals surface area contributed by atoms with Crippen molar-refractivity contribution in [3.63, 3.8) is 0 Å². The summed E-state index contributed by atoms with van der Waals surface area (Å²) in [6.07, 6.45) is 1.81. The summed E-state index contributed by atoms with van der Waals surface area (Å²) in [4.78, 5) is 4.54. The second kappa shape index (κ2) is 8.60. The summed E-state index contributed by atoms with van der Waals surface area (Å²) in [6.45, 7) is 2.31. The highest BCUT2D eigenvalue weighted by molar-refractivity contribution is 9.11. The first-order valence-corrected chi connectivity index (χ1v) is 9.57. The average Bonchev–Trinajstić information content (AvgIpc) is 2.60. The molecule has 5 heteroatoms. The largest absolute Gasteiger partial charge is 0.487 e. The highest BCUT2D eigenvalue weighted by Crippen LogP contribution is 2.35. The maximum atomic E-state index is 13.3. The molecule has 0 aromatic heterocycles. The molecule has 0 N–H and O–H groups in total. The van der Waals surface area contributed by atoms with Gasteiger partial charge in [-0.25, -0.2) is 4.39 Å². The van der Waals surface area contributed by atoms with Crippen molar-refractivity contribution in [1.29, 1.82) is 0 Å². The number of nitrogens with zero attached hydrogens (tertiary/aromatic N) is 1. The number of halogens is 3. The quantitative estimate of drug-likeness (QED) is 0.363. The minimum Gasteiger partial charge on any atom is -0.487 e. The van der Waals surface area contributed by atoms with Crippen molar-refractivity contribution >= 4 is 43.8 Å². The maximum absolute atomic E-state index is 13.3. The van der Waals surface area contributed by atoms with Gasteiger partial charge in [-0.1, -0.05) is 30.3 Å². The molecule has 26 heavy (non-hydrogen) atoms. The predicted octanol–water partition coefficient (Wildman–Crippen LogP) is 6.99. The summed E-state index contributed by atoms with van der Waals surface area (Å²) in [6, 6.07) is 18.2. The van der Waals surface area contributed by atoms with E-state index in [1.165, 1.54) is 12.1 Å². The molecule has 0 unspecified atom stereocenters. The van der Waals surface area contributed by atoms with Crippen molar-refractivity contribution in [3.05, 3.63) is 92.1 Å². The molecular weight excluding hydrogens is 461 g/mol. The molecule has 132 valence electrons. The minimum absolute atomic E-state index is 0.271. The molecule has 0 bridgehead atoms. The molecule has 0 heterocycles. The molecule has 0 saturated heterocycles. The van der Waals surface area contributed by atoms with Crippen LogP contribution in [0.1, 0.15) is 16.7 Å². The van der Waals surface area contributed by atoms with Gasteiger partial charge in [0, 0.05) is 6.21 Å². The highest BCUT2D eigenvalue weighted by Gasteiger charge is 2.09. The molecule has 0 aliphatic carbocycles. The van der Waals surface area contributed by atoms with Crippen molar-refractivity contribution in [1.82, 2.24) is 0 Å². The Hall–Kier alpha value is -1.98. The second-order valence-electron chi connectivity index (χ2n) is 5.78. The van der Waals surface area contributed by atoms with Gasteiger partial charge in [0.15, 0.2) is 0 Å². The third kappa shape index (κ3) is 4.80. The van der Waals surface area contributed by atoms with Gasteiger partial charge in [0.05, 0.1) is 14.6 Å². The van der Waals surface area contributed by atoms with E-state index in [0.717, 1.165) is 31.3 Å². The van der Waals surface area contributed by atoms with E-state index >= 15 is 0 Å². The smallest absolute Gasteiger partial charge is 0.148 e. The van der Waals surface area contributed by atoms with E-state index in [9.17, 15) is 4.39 Å². The van der Waals surface area contributed by atoms with E-state index in [2.05, 4.69) is 36.9 Å². The van der Waals surface area contributed by atoms with Crippen molar-refractivity contribution < 1.29 is 9.13 Å². The number of hydrogen-bond donors (Lipinski definition) is 0. The van der Waals surface area contributed by atoms with E-state index in [-0.39, 0.29) is 12.4 Å². The molecule has 3 rings (SSSR count). The van der Waals surface area contributed by atoms with E-state index in [1.807, 2.05) is 55.6 Å². The van der Waals surface area contributed by atoms with Crippen LogP contribution in [0.25, 0.3) is 0 Å². The van der Waals surface area contributed by atoms with Crippen molar-refractivity contribution in [2.24, 2.45) is 4.99 Å². The van der Waals surface area contributed by atoms with Crippen LogP contribution in [0.3, 0.4) is 0 Å². The van der Waals surface area contributed by atoms with Gasteiger partial charge in [0.1, 0.15) is 18.2 Å². The van der Waals surface area contributed by atoms with Gasteiger partial charge in [-0.2, -0.15) is 0 Å². The Morgan fingerprint density at radius 1 is 1.00 bits per heavy atom. The van der Waals surface area contributed by atoms with Gasteiger partial charge < -0.3 is 4.74 Å². The number of rotatable bonds is 5. The monoisotopic (exact) mass is 475 g/mol. The Bertz CT molecular complexity index is 933. The molecule has 0 aliphatic heterocycles. The van der Waals surface area contributed by atoms with Crippen LogP contribution in [0.2, 0.25) is 0 Å². The molecule has 2 nitrogen and oxygen atoms in total. The highest BCUT2D eigenvalue weighted by atomic mass is 79.9. The topological polar surface area (TPSA) is 21.6 Å². The zero-order valence-electron chi connectivity index (χ0n) is 14.0. The lowest BCUT2D eigenvalue weighted by Gasteiger charge is -2.11. The molecular formula is C21H16Br2FNO. The van der Waals surface area contributed by atoms with E-state index in [0.29, 0.717) is 5.75 Å². The standard InChI is InChI=1S/C21H16Br2FNO/c1-14-5-2-3-8-20(14)25-12-16-10-18(22)21(19(23)11-16)26-13-15-6-4-7-17(24)9-15/h2-12H,13H2,1H3. The number of hydrogen-bond acceptors (Lipinski definition) is 2. The number of aliphatic imine (C=N–C) groups is 1. The summed E-state index contributed by atoms with van der Waals surface area (Å²) in [7, 11) is 0. The molecule has 0 aliphatic rings. The van der Waals surface area contributed by atoms with Crippen molar-refractivity contribution in [3.8, 4) is 5.75 Å². The Labute approximate surface area is 169 Å². The summed E-state index contributed by atoms with van der Waals surface area (Å²) in [5.74, 6) is 0.397. The molecule has 0 radical (unpaired) electrons. The van der Waals surface area contributed by atoms with Gasteiger partial charge in [0.25, 0.3) is 0 Å². The first kappa shape index (κ1) is 18.8. The van der Waals surface area contributed by atoms with Crippen LogP contribution in [0.4, 0.5) is 10.1 Å². The van der Waals surface area contributed by atoms with Crippen LogP contribution in [-0.4, -0.2) is 6.21 Å². The van der Waals surface area contributed by atoms with Crippen LogP contribution in [0, 0.1) is 12.7 Å². The molecule has 0 fully saturated rings. The SMILES string of the molecule is Cc1ccccc1N=Cc1cc(Br)c(OCc2cccc(F)c2)c(Br)c1. The van der Waals surface area contributed by atoms with Crippen LogP contribution in [-0.2, 0) is 6.61 Å². The lowest BCUT2D eigenvalue weighted by molar-refractivity contribution is 0.301. The van der Waals surface area contributed by atoms with E-state index in [1.54, 1.807) is 6.07 Å². The van der Waals surface area contributed by atoms with Gasteiger partial charge in [-0.15, -0.1) is 0 Å². The Balaban J connectivity index is 1.77. The summed E-state index contributed by atoms with van der Waals surface area (Å²) in [5, 5.41) is 0. The molecule has 3 aromatic carbocycles. The lowest BCUT2D eigenvalue weighted by Crippen LogP contribution is -1.98. The average molecular weight is 477 g/mol. The van der Waals surface area contributed by atoms with E-state index < -0.39 is 0 Å². The molecule has 0 spiro atoms. The Morgan fingerprint density at radius 3 is 2.42 bits per heavy atom. The predicted molar refractivity (Wildman–Crippen MR) is 111 cm³/mol. The fourth-order valence-corrected chi connectivity index (χ4v) is 3.88. The number of aryl methyl sites for hydroxylation is 1. The number of ether oxygens (including phenoxy) is 1. The molecule has 0 atom stereocenters. The molecule has 0 amide bonds. The van der Waals surface area contributed by atoms with Crippen molar-refractivity contribution in [2.75, 3.05) is 0 Å². The van der Waals surface area contributed by atoms with Gasteiger partial charge >= 0.3 is 0 Å². The Morgan fingerprint density at radius 2 is 1.73 bits per heavy atom. The summed E-state index contributed by atoms with van der Waals surface area (Å²) < 4.78 is 20.7. The Kier molecular flexibility index (Phi) is 6.22. The zero-order valence-corrected chi connectivity index (χ0v) is 17.2. The third-order valence-electron chi connectivity index (χ3n) is 3.76. The molecule has 0 saturated carbocycles. The van der Waals surface area contributed by atoms with Gasteiger partial charge in [-0.3, -0.25) is 4.99 Å². The summed E-state index contributed by atoms with van der Waals surface area (Å²) >= 11 is 7.07. The molecule has 3 aromatic rings. The van der Waals surface area contributed by atoms with Crippen LogP contribution in [0.5, 0.6) is 5.75 Å². The fourth-order valence-electron chi connectivity index (χ4n) is 2.43. The van der Waals surface area contributed by atoms with E-state index in [4.69, 9.17) is 4.74 Å². The maximum Gasteiger partial charge on any atom is 0.148 e. The number of benzene rings is 3. The first-order valence-electron chi connectivity index (χ1n) is 7.99. The van der Waals surface area contributed by atoms with Crippen LogP contribution < -0.4 is 4.74 Å². The van der Waals surface area contributed by atoms with Crippen LogP contribution >= 0.6 is 31.9 Å². The van der Waals surface area contributed by atoms with Gasteiger partial charge in [-0.05, 0) is 85.8 Å². The number of para-hydroxylation sites is 1. The fraction of sp³-hybridized carbons (Fsp3) is 0.0952. The van der Waals surface area contributed by atoms with Crippen molar-refractivity contribution in [2.45, 2.75) is 13.5 Å². The first-order chi connectivity index (χ1) is 12.5. The minimum atomic E-state index is -0.271. The zero-order chi connectivity index (χ0) is 18.5. The second-order valence-corrected chi connectivity index (χ2v) is 7.49. The summed E-state index contributed by atoms with van der Waals surface area (Å²) in [5.41, 5.74) is 3.77. The van der Waals surface area contributed by atoms with Gasteiger partial charge in [0.2, 0.25) is 0 Å². The van der Waals surface area contributed by atoms with Crippen LogP contribution in [0.15, 0.2) is 74.6 Å². The normalized spacial score (nSPS) is 11.1. The lowest BCUT2D eigenvalue weighted by atomic mass is 10.2.